The van der Waals surface area contributed by atoms with Crippen molar-refractivity contribution in [3.8, 4) is 11.5 Å². The Morgan fingerprint density at radius 1 is 1.00 bits per heavy atom. The molecule has 1 N–H and O–H groups in total. The minimum Gasteiger partial charge on any atom is -0.435 e. The number of ether oxygens (including phenoxy) is 2. The van der Waals surface area contributed by atoms with E-state index >= 15 is 0 Å². The molecule has 0 aromatic heterocycles. The number of carbonyl (C=O) groups excluding carboxylic acids is 1. The number of nitrogens with one attached hydrogen (secondary N) is 1. The van der Waals surface area contributed by atoms with Crippen LogP contribution in [0.3, 0.4) is 0 Å². The van der Waals surface area contributed by atoms with Gasteiger partial charge in [-0.25, -0.2) is 4.79 Å². The van der Waals surface area contributed by atoms with Crippen LogP contribution in [0.2, 0.25) is 0 Å². The topological polar surface area (TPSA) is 47.6 Å². The van der Waals surface area contributed by atoms with Gasteiger partial charge in [-0.1, -0.05) is 24.3 Å². The Kier molecular flexibility index (Phi) is 4.49. The third-order valence-corrected chi connectivity index (χ3v) is 2.26. The van der Waals surface area contributed by atoms with E-state index in [2.05, 4.69) is 10.1 Å². The van der Waals surface area contributed by atoms with Crippen molar-refractivity contribution in [3.05, 3.63) is 54.6 Å². The number of hydrogen-bond acceptors (Lipinski definition) is 3. The average Bonchev–Trinajstić information content (AvgIpc) is 2.39. The van der Waals surface area contributed by atoms with Crippen molar-refractivity contribution in [2.75, 3.05) is 5.32 Å². The van der Waals surface area contributed by atoms with Gasteiger partial charge in [-0.2, -0.15) is 8.78 Å². The molecule has 0 saturated heterocycles. The maximum absolute atomic E-state index is 12.1. The lowest BCUT2D eigenvalue weighted by Gasteiger charge is -2.08. The molecule has 0 unspecified atom stereocenters. The molecule has 2 aromatic carbocycles. The first-order valence-electron chi connectivity index (χ1n) is 5.72. The fourth-order valence-corrected chi connectivity index (χ4v) is 1.49. The number of hydrogen-bond donors (Lipinski definition) is 1. The van der Waals surface area contributed by atoms with Gasteiger partial charge in [-0.05, 0) is 24.3 Å². The summed E-state index contributed by atoms with van der Waals surface area (Å²) in [6.45, 7) is -2.92. The molecule has 0 atom stereocenters. The second-order valence-electron chi connectivity index (χ2n) is 3.73. The predicted octanol–water partition coefficient (Wildman–Crippen LogP) is 3.90. The van der Waals surface area contributed by atoms with E-state index in [9.17, 15) is 13.6 Å². The zero-order chi connectivity index (χ0) is 14.4. The quantitative estimate of drug-likeness (QED) is 0.923. The van der Waals surface area contributed by atoms with E-state index in [0.29, 0.717) is 11.4 Å². The molecule has 104 valence electrons. The molecule has 2 rings (SSSR count). The Labute approximate surface area is 113 Å². The summed E-state index contributed by atoms with van der Waals surface area (Å²) in [4.78, 5) is 11.6. The van der Waals surface area contributed by atoms with Crippen LogP contribution in [-0.4, -0.2) is 12.7 Å². The van der Waals surface area contributed by atoms with Crippen LogP contribution >= 0.6 is 0 Å². The van der Waals surface area contributed by atoms with Gasteiger partial charge in [0.15, 0.2) is 0 Å². The number of benzene rings is 2. The van der Waals surface area contributed by atoms with E-state index in [4.69, 9.17) is 4.74 Å². The van der Waals surface area contributed by atoms with Gasteiger partial charge in [-0.3, -0.25) is 5.32 Å². The van der Waals surface area contributed by atoms with E-state index < -0.39 is 12.7 Å². The smallest absolute Gasteiger partial charge is 0.417 e. The summed E-state index contributed by atoms with van der Waals surface area (Å²) < 4.78 is 33.4. The molecule has 0 heterocycles. The third kappa shape index (κ3) is 4.24. The van der Waals surface area contributed by atoms with Crippen LogP contribution in [0.1, 0.15) is 0 Å². The average molecular weight is 279 g/mol. The molecule has 4 nitrogen and oxygen atoms in total. The summed E-state index contributed by atoms with van der Waals surface area (Å²) in [6, 6.07) is 14.1. The van der Waals surface area contributed by atoms with Crippen LogP contribution in [0, 0.1) is 0 Å². The number of para-hydroxylation sites is 1. The molecule has 20 heavy (non-hydrogen) atoms. The van der Waals surface area contributed by atoms with Crippen molar-refractivity contribution >= 4 is 11.8 Å². The molecule has 0 radical (unpaired) electrons. The Morgan fingerprint density at radius 2 is 1.70 bits per heavy atom. The van der Waals surface area contributed by atoms with Crippen LogP contribution in [0.25, 0.3) is 0 Å². The summed E-state index contributed by atoms with van der Waals surface area (Å²) in [5.41, 5.74) is 0.295. The highest BCUT2D eigenvalue weighted by molar-refractivity contribution is 5.86. The van der Waals surface area contributed by atoms with E-state index in [0.717, 1.165) is 0 Å². The number of rotatable bonds is 4. The summed E-state index contributed by atoms with van der Waals surface area (Å²) in [6.07, 6.45) is -0.717. The molecule has 0 spiro atoms. The van der Waals surface area contributed by atoms with Crippen LogP contribution in [0.4, 0.5) is 19.3 Å². The van der Waals surface area contributed by atoms with Crippen molar-refractivity contribution in [2.24, 2.45) is 0 Å². The molecular weight excluding hydrogens is 268 g/mol. The SMILES string of the molecule is O=C(Nc1cccc(OC(F)F)c1)Oc1ccccc1. The molecule has 1 amide bonds. The largest absolute Gasteiger partial charge is 0.435 e. The van der Waals surface area contributed by atoms with Crippen molar-refractivity contribution in [2.45, 2.75) is 6.61 Å². The van der Waals surface area contributed by atoms with Crippen LogP contribution in [-0.2, 0) is 0 Å². The van der Waals surface area contributed by atoms with Gasteiger partial charge in [0.2, 0.25) is 0 Å². The Hall–Kier alpha value is -2.63. The highest BCUT2D eigenvalue weighted by atomic mass is 19.3. The molecule has 2 aromatic rings. The molecule has 6 heteroatoms. The van der Waals surface area contributed by atoms with Gasteiger partial charge in [0.1, 0.15) is 11.5 Å². The molecule has 0 saturated carbocycles. The lowest BCUT2D eigenvalue weighted by molar-refractivity contribution is -0.0497. The fourth-order valence-electron chi connectivity index (χ4n) is 1.49. The number of halogens is 2. The standard InChI is InChI=1S/C14H11F2NO3/c15-13(16)19-12-8-4-5-10(9-12)17-14(18)20-11-6-2-1-3-7-11/h1-9,13H,(H,17,18). The zero-order valence-corrected chi connectivity index (χ0v) is 10.3. The van der Waals surface area contributed by atoms with Crippen LogP contribution in [0.15, 0.2) is 54.6 Å². The van der Waals surface area contributed by atoms with E-state index in [1.54, 1.807) is 30.3 Å². The second-order valence-corrected chi connectivity index (χ2v) is 3.73. The van der Waals surface area contributed by atoms with Crippen molar-refractivity contribution in [3.63, 3.8) is 0 Å². The van der Waals surface area contributed by atoms with E-state index in [1.165, 1.54) is 24.3 Å². The normalized spacial score (nSPS) is 10.2. The summed E-state index contributed by atoms with van der Waals surface area (Å²) in [5, 5.41) is 2.42. The lowest BCUT2D eigenvalue weighted by atomic mass is 10.3. The molecule has 0 aliphatic carbocycles. The highest BCUT2D eigenvalue weighted by Crippen LogP contribution is 2.19. The monoisotopic (exact) mass is 279 g/mol. The Balaban J connectivity index is 1.97. The first-order chi connectivity index (χ1) is 9.63. The molecule has 0 aliphatic rings. The number of carbonyl (C=O) groups is 1. The molecule has 0 fully saturated rings. The van der Waals surface area contributed by atoms with Gasteiger partial charge >= 0.3 is 12.7 Å². The van der Waals surface area contributed by atoms with Crippen molar-refractivity contribution in [1.29, 1.82) is 0 Å². The van der Waals surface area contributed by atoms with Crippen molar-refractivity contribution in [1.82, 2.24) is 0 Å². The van der Waals surface area contributed by atoms with Gasteiger partial charge in [0, 0.05) is 11.8 Å². The number of anilines is 1. The second kappa shape index (κ2) is 6.51. The summed E-state index contributed by atoms with van der Waals surface area (Å²) in [7, 11) is 0. The maximum atomic E-state index is 12.1. The summed E-state index contributed by atoms with van der Waals surface area (Å²) >= 11 is 0. The number of alkyl halides is 2. The maximum Gasteiger partial charge on any atom is 0.417 e. The third-order valence-electron chi connectivity index (χ3n) is 2.26. The fraction of sp³-hybridized carbons (Fsp3) is 0.0714. The minimum atomic E-state index is -2.92. The molecule has 0 bridgehead atoms. The predicted molar refractivity (Wildman–Crippen MR) is 69.2 cm³/mol. The van der Waals surface area contributed by atoms with E-state index in [-0.39, 0.29) is 5.75 Å². The Morgan fingerprint density at radius 3 is 2.40 bits per heavy atom. The van der Waals surface area contributed by atoms with E-state index in [1.807, 2.05) is 0 Å². The molecule has 0 aliphatic heterocycles. The van der Waals surface area contributed by atoms with Crippen LogP contribution in [0.5, 0.6) is 11.5 Å². The van der Waals surface area contributed by atoms with Crippen molar-refractivity contribution < 1.29 is 23.0 Å². The minimum absolute atomic E-state index is 0.0440. The summed E-state index contributed by atoms with van der Waals surface area (Å²) in [5.74, 6) is 0.336. The zero-order valence-electron chi connectivity index (χ0n) is 10.3. The highest BCUT2D eigenvalue weighted by Gasteiger charge is 2.08. The first kappa shape index (κ1) is 13.8. The first-order valence-corrected chi connectivity index (χ1v) is 5.72. The lowest BCUT2D eigenvalue weighted by Crippen LogP contribution is -2.16. The number of amides is 1. The van der Waals surface area contributed by atoms with Crippen LogP contribution < -0.4 is 14.8 Å². The van der Waals surface area contributed by atoms with Gasteiger partial charge in [-0.15, -0.1) is 0 Å². The van der Waals surface area contributed by atoms with Gasteiger partial charge in [0.25, 0.3) is 0 Å². The van der Waals surface area contributed by atoms with Gasteiger partial charge in [0.05, 0.1) is 0 Å². The van der Waals surface area contributed by atoms with Gasteiger partial charge < -0.3 is 9.47 Å². The molecular formula is C14H11F2NO3. The Bertz CT molecular complexity index is 576.